The first kappa shape index (κ1) is 13.9. The van der Waals surface area contributed by atoms with E-state index < -0.39 is 0 Å². The quantitative estimate of drug-likeness (QED) is 0.558. The largest absolute Gasteiger partial charge is 0.383 e. The lowest BCUT2D eigenvalue weighted by Gasteiger charge is -2.15. The Hall–Kier alpha value is -1.12. The Morgan fingerprint density at radius 1 is 1.60 bits per heavy atom. The molecule has 0 radical (unpaired) electrons. The van der Waals surface area contributed by atoms with Crippen molar-refractivity contribution in [3.05, 3.63) is 0 Å². The van der Waals surface area contributed by atoms with Crippen LogP contribution < -0.4 is 10.6 Å². The Kier molecular flexibility index (Phi) is 8.73. The molecular formula is C10H19N3O2. The van der Waals surface area contributed by atoms with Gasteiger partial charge < -0.3 is 15.4 Å². The summed E-state index contributed by atoms with van der Waals surface area (Å²) in [6.45, 7) is 3.32. The number of hydrogen-bond donors (Lipinski definition) is 2. The van der Waals surface area contributed by atoms with E-state index in [-0.39, 0.29) is 18.5 Å². The zero-order valence-corrected chi connectivity index (χ0v) is 9.38. The number of nitrogens with one attached hydrogen (secondary N) is 2. The van der Waals surface area contributed by atoms with Crippen molar-refractivity contribution in [1.29, 1.82) is 5.26 Å². The minimum Gasteiger partial charge on any atom is -0.383 e. The Bertz CT molecular complexity index is 213. The van der Waals surface area contributed by atoms with E-state index in [1.165, 1.54) is 0 Å². The second kappa shape index (κ2) is 9.44. The molecule has 5 nitrogen and oxygen atoms in total. The van der Waals surface area contributed by atoms with Crippen LogP contribution >= 0.6 is 0 Å². The van der Waals surface area contributed by atoms with Crippen LogP contribution in [0.1, 0.15) is 19.8 Å². The summed E-state index contributed by atoms with van der Waals surface area (Å²) in [5.74, 6) is -0.0835. The zero-order valence-electron chi connectivity index (χ0n) is 9.38. The second-order valence-electron chi connectivity index (χ2n) is 3.20. The maximum atomic E-state index is 11.2. The van der Waals surface area contributed by atoms with E-state index >= 15 is 0 Å². The van der Waals surface area contributed by atoms with Crippen molar-refractivity contribution in [2.75, 3.05) is 26.8 Å². The molecule has 0 rings (SSSR count). The number of carbonyl (C=O) groups excluding carboxylic acids is 1. The van der Waals surface area contributed by atoms with Crippen LogP contribution in [0.3, 0.4) is 0 Å². The molecule has 15 heavy (non-hydrogen) atoms. The first-order chi connectivity index (χ1) is 7.24. The number of nitrogens with zero attached hydrogens (tertiary/aromatic N) is 1. The van der Waals surface area contributed by atoms with Gasteiger partial charge in [-0.05, 0) is 6.42 Å². The van der Waals surface area contributed by atoms with Crippen molar-refractivity contribution in [2.45, 2.75) is 25.8 Å². The molecule has 0 spiro atoms. The van der Waals surface area contributed by atoms with Gasteiger partial charge in [-0.1, -0.05) is 6.92 Å². The molecule has 0 aliphatic rings. The van der Waals surface area contributed by atoms with Gasteiger partial charge in [0.05, 0.1) is 25.6 Å². The monoisotopic (exact) mass is 213 g/mol. The lowest BCUT2D eigenvalue weighted by Crippen LogP contribution is -2.41. The minimum atomic E-state index is -0.0835. The van der Waals surface area contributed by atoms with Gasteiger partial charge in [0.2, 0.25) is 5.91 Å². The molecule has 1 atom stereocenters. The SMILES string of the molecule is CCC(COC)NCC(=O)NCCC#N. The van der Waals surface area contributed by atoms with Gasteiger partial charge >= 0.3 is 0 Å². The Balaban J connectivity index is 3.55. The van der Waals surface area contributed by atoms with Crippen LogP contribution in [0.15, 0.2) is 0 Å². The van der Waals surface area contributed by atoms with E-state index in [0.29, 0.717) is 19.6 Å². The molecule has 0 saturated heterocycles. The van der Waals surface area contributed by atoms with Crippen molar-refractivity contribution in [3.8, 4) is 6.07 Å². The van der Waals surface area contributed by atoms with Crippen LogP contribution in [0.4, 0.5) is 0 Å². The average molecular weight is 213 g/mol. The van der Waals surface area contributed by atoms with Gasteiger partial charge in [-0.25, -0.2) is 0 Å². The van der Waals surface area contributed by atoms with Crippen molar-refractivity contribution in [2.24, 2.45) is 0 Å². The summed E-state index contributed by atoms with van der Waals surface area (Å²) in [6, 6.07) is 2.17. The molecule has 5 heteroatoms. The third kappa shape index (κ3) is 7.91. The highest BCUT2D eigenvalue weighted by Gasteiger charge is 2.07. The minimum absolute atomic E-state index is 0.0835. The highest BCUT2D eigenvalue weighted by atomic mass is 16.5. The molecule has 1 unspecified atom stereocenters. The van der Waals surface area contributed by atoms with Crippen LogP contribution in [0.5, 0.6) is 0 Å². The first-order valence-electron chi connectivity index (χ1n) is 5.10. The molecule has 0 aliphatic carbocycles. The molecule has 0 aliphatic heterocycles. The number of hydrogen-bond acceptors (Lipinski definition) is 4. The maximum absolute atomic E-state index is 11.2. The molecular weight excluding hydrogens is 194 g/mol. The van der Waals surface area contributed by atoms with Gasteiger partial charge in [-0.15, -0.1) is 0 Å². The van der Waals surface area contributed by atoms with Crippen molar-refractivity contribution in [1.82, 2.24) is 10.6 Å². The number of ether oxygens (including phenoxy) is 1. The highest BCUT2D eigenvalue weighted by molar-refractivity contribution is 5.77. The van der Waals surface area contributed by atoms with Gasteiger partial charge in [-0.3, -0.25) is 4.79 Å². The predicted octanol–water partition coefficient (Wildman–Crippen LogP) is 0.0309. The molecule has 0 saturated carbocycles. The molecule has 0 aromatic rings. The molecule has 0 bridgehead atoms. The smallest absolute Gasteiger partial charge is 0.234 e. The van der Waals surface area contributed by atoms with Crippen LogP contribution in [-0.2, 0) is 9.53 Å². The molecule has 1 amide bonds. The number of methoxy groups -OCH3 is 1. The normalized spacial score (nSPS) is 11.8. The summed E-state index contributed by atoms with van der Waals surface area (Å²) >= 11 is 0. The van der Waals surface area contributed by atoms with E-state index in [1.807, 2.05) is 13.0 Å². The third-order valence-corrected chi connectivity index (χ3v) is 1.97. The van der Waals surface area contributed by atoms with Crippen LogP contribution in [0, 0.1) is 11.3 Å². The number of rotatable bonds is 8. The van der Waals surface area contributed by atoms with Gasteiger partial charge in [0, 0.05) is 19.7 Å². The Labute approximate surface area is 90.8 Å². The maximum Gasteiger partial charge on any atom is 0.234 e. The fraction of sp³-hybridized carbons (Fsp3) is 0.800. The average Bonchev–Trinajstić information content (AvgIpc) is 2.24. The zero-order chi connectivity index (χ0) is 11.5. The van der Waals surface area contributed by atoms with Gasteiger partial charge in [0.15, 0.2) is 0 Å². The summed E-state index contributed by atoms with van der Waals surface area (Å²) in [5.41, 5.74) is 0. The topological polar surface area (TPSA) is 74.2 Å². The molecule has 0 aromatic carbocycles. The first-order valence-corrected chi connectivity index (χ1v) is 5.10. The number of amides is 1. The molecule has 0 fully saturated rings. The number of carbonyl (C=O) groups is 1. The molecule has 2 N–H and O–H groups in total. The van der Waals surface area contributed by atoms with Crippen LogP contribution in [0.25, 0.3) is 0 Å². The van der Waals surface area contributed by atoms with Crippen molar-refractivity contribution >= 4 is 5.91 Å². The molecule has 86 valence electrons. The fourth-order valence-corrected chi connectivity index (χ4v) is 1.08. The predicted molar refractivity (Wildman–Crippen MR) is 57.2 cm³/mol. The van der Waals surface area contributed by atoms with Crippen LogP contribution in [0.2, 0.25) is 0 Å². The summed E-state index contributed by atoms with van der Waals surface area (Å²) in [4.78, 5) is 11.2. The van der Waals surface area contributed by atoms with Crippen molar-refractivity contribution in [3.63, 3.8) is 0 Å². The lowest BCUT2D eigenvalue weighted by molar-refractivity contribution is -0.120. The van der Waals surface area contributed by atoms with E-state index in [1.54, 1.807) is 7.11 Å². The molecule has 0 aromatic heterocycles. The Morgan fingerprint density at radius 2 is 2.33 bits per heavy atom. The standard InChI is InChI=1S/C10H19N3O2/c1-3-9(8-15-2)13-7-10(14)12-6-4-5-11/h9,13H,3-4,6-8H2,1-2H3,(H,12,14). The van der Waals surface area contributed by atoms with E-state index in [4.69, 9.17) is 10.00 Å². The third-order valence-electron chi connectivity index (χ3n) is 1.97. The van der Waals surface area contributed by atoms with E-state index in [2.05, 4.69) is 10.6 Å². The van der Waals surface area contributed by atoms with Gasteiger partial charge in [0.25, 0.3) is 0 Å². The lowest BCUT2D eigenvalue weighted by atomic mass is 10.2. The van der Waals surface area contributed by atoms with Crippen molar-refractivity contribution < 1.29 is 9.53 Å². The Morgan fingerprint density at radius 3 is 2.87 bits per heavy atom. The summed E-state index contributed by atoms with van der Waals surface area (Å²) < 4.78 is 4.99. The summed E-state index contributed by atoms with van der Waals surface area (Å²) in [7, 11) is 1.64. The summed E-state index contributed by atoms with van der Waals surface area (Å²) in [6.07, 6.45) is 1.26. The summed E-state index contributed by atoms with van der Waals surface area (Å²) in [5, 5.41) is 14.0. The van der Waals surface area contributed by atoms with Gasteiger partial charge in [-0.2, -0.15) is 5.26 Å². The molecule has 0 heterocycles. The second-order valence-corrected chi connectivity index (χ2v) is 3.20. The van der Waals surface area contributed by atoms with Gasteiger partial charge in [0.1, 0.15) is 0 Å². The highest BCUT2D eigenvalue weighted by Crippen LogP contribution is 1.90. The fourth-order valence-electron chi connectivity index (χ4n) is 1.08. The number of nitriles is 1. The van der Waals surface area contributed by atoms with E-state index in [0.717, 1.165) is 6.42 Å². The van der Waals surface area contributed by atoms with Crippen LogP contribution in [-0.4, -0.2) is 38.8 Å². The van der Waals surface area contributed by atoms with E-state index in [9.17, 15) is 4.79 Å².